The van der Waals surface area contributed by atoms with Crippen LogP contribution in [0.25, 0.3) is 0 Å². The molecule has 3 heteroatoms. The molecule has 20 heavy (non-hydrogen) atoms. The summed E-state index contributed by atoms with van der Waals surface area (Å²) in [6.45, 7) is 2.18. The lowest BCUT2D eigenvalue weighted by Gasteiger charge is -2.14. The van der Waals surface area contributed by atoms with Crippen LogP contribution in [0.5, 0.6) is 5.75 Å². The second kappa shape index (κ2) is 7.34. The number of hydrogen-bond acceptors (Lipinski definition) is 3. The average Bonchev–Trinajstić information content (AvgIpc) is 2.47. The Balaban J connectivity index is 1.74. The molecule has 0 saturated heterocycles. The average molecular weight is 270 g/mol. The number of ether oxygens (including phenoxy) is 2. The maximum Gasteiger partial charge on any atom is 0.310 e. The number of carbonyl (C=O) groups is 1. The molecule has 104 valence electrons. The fraction of sp³-hybridized carbons (Fsp3) is 0.235. The summed E-state index contributed by atoms with van der Waals surface area (Å²) in [5, 5.41) is 0. The summed E-state index contributed by atoms with van der Waals surface area (Å²) in [7, 11) is 0. The lowest BCUT2D eigenvalue weighted by atomic mass is 10.1. The topological polar surface area (TPSA) is 35.5 Å². The SMILES string of the molecule is C[C@@H](COc1ccccc1)OC(=O)Cc1ccccc1. The highest BCUT2D eigenvalue weighted by molar-refractivity contribution is 5.72. The molecule has 0 aromatic heterocycles. The Morgan fingerprint density at radius 1 is 1.00 bits per heavy atom. The van der Waals surface area contributed by atoms with Crippen molar-refractivity contribution in [1.82, 2.24) is 0 Å². The van der Waals surface area contributed by atoms with Gasteiger partial charge in [-0.15, -0.1) is 0 Å². The van der Waals surface area contributed by atoms with Crippen LogP contribution in [0.1, 0.15) is 12.5 Å². The van der Waals surface area contributed by atoms with Gasteiger partial charge in [-0.25, -0.2) is 0 Å². The van der Waals surface area contributed by atoms with Gasteiger partial charge in [0.1, 0.15) is 18.5 Å². The van der Waals surface area contributed by atoms with Crippen LogP contribution in [-0.2, 0) is 16.0 Å². The Labute approximate surface area is 119 Å². The molecule has 0 aliphatic carbocycles. The molecule has 0 aliphatic rings. The van der Waals surface area contributed by atoms with E-state index in [0.717, 1.165) is 11.3 Å². The molecule has 0 saturated carbocycles. The molecule has 3 nitrogen and oxygen atoms in total. The van der Waals surface area contributed by atoms with Gasteiger partial charge in [0.25, 0.3) is 0 Å². The fourth-order valence-corrected chi connectivity index (χ4v) is 1.79. The van der Waals surface area contributed by atoms with Crippen LogP contribution in [-0.4, -0.2) is 18.7 Å². The predicted octanol–water partition coefficient (Wildman–Crippen LogP) is 3.24. The van der Waals surface area contributed by atoms with Crippen molar-refractivity contribution in [3.05, 3.63) is 66.2 Å². The molecule has 2 aromatic carbocycles. The second-order valence-electron chi connectivity index (χ2n) is 4.59. The Morgan fingerprint density at radius 2 is 1.60 bits per heavy atom. The van der Waals surface area contributed by atoms with E-state index in [4.69, 9.17) is 9.47 Å². The summed E-state index contributed by atoms with van der Waals surface area (Å²) in [6, 6.07) is 19.0. The number of rotatable bonds is 6. The van der Waals surface area contributed by atoms with Gasteiger partial charge in [-0.05, 0) is 24.6 Å². The first-order valence-electron chi connectivity index (χ1n) is 6.65. The molecule has 0 spiro atoms. The van der Waals surface area contributed by atoms with E-state index < -0.39 is 0 Å². The molecule has 0 fully saturated rings. The zero-order chi connectivity index (χ0) is 14.2. The molecule has 0 heterocycles. The van der Waals surface area contributed by atoms with Crippen LogP contribution in [0, 0.1) is 0 Å². The highest BCUT2D eigenvalue weighted by atomic mass is 16.6. The standard InChI is InChI=1S/C17H18O3/c1-14(13-19-16-10-6-3-7-11-16)20-17(18)12-15-8-4-2-5-9-15/h2-11,14H,12-13H2,1H3/t14-/m0/s1. The fourth-order valence-electron chi connectivity index (χ4n) is 1.79. The molecule has 0 radical (unpaired) electrons. The number of para-hydroxylation sites is 1. The van der Waals surface area contributed by atoms with E-state index in [0.29, 0.717) is 6.61 Å². The molecule has 2 rings (SSSR count). The van der Waals surface area contributed by atoms with E-state index in [9.17, 15) is 4.79 Å². The molecule has 1 atom stereocenters. The molecular formula is C17H18O3. The van der Waals surface area contributed by atoms with Crippen LogP contribution < -0.4 is 4.74 Å². The van der Waals surface area contributed by atoms with Gasteiger partial charge >= 0.3 is 5.97 Å². The summed E-state index contributed by atoms with van der Waals surface area (Å²) in [6.07, 6.45) is 0.0164. The van der Waals surface area contributed by atoms with Gasteiger partial charge in [0.05, 0.1) is 6.42 Å². The van der Waals surface area contributed by atoms with Crippen LogP contribution >= 0.6 is 0 Å². The van der Waals surface area contributed by atoms with Crippen molar-refractivity contribution in [3.63, 3.8) is 0 Å². The summed E-state index contributed by atoms with van der Waals surface area (Å²) in [5.74, 6) is 0.541. The van der Waals surface area contributed by atoms with Gasteiger partial charge in [-0.2, -0.15) is 0 Å². The van der Waals surface area contributed by atoms with Crippen molar-refractivity contribution < 1.29 is 14.3 Å². The van der Waals surface area contributed by atoms with Gasteiger partial charge in [0, 0.05) is 0 Å². The second-order valence-corrected chi connectivity index (χ2v) is 4.59. The lowest BCUT2D eigenvalue weighted by Crippen LogP contribution is -2.23. The maximum atomic E-state index is 11.8. The van der Waals surface area contributed by atoms with Crippen molar-refractivity contribution in [2.24, 2.45) is 0 Å². The molecule has 0 unspecified atom stereocenters. The summed E-state index contributed by atoms with van der Waals surface area (Å²) < 4.78 is 10.9. The van der Waals surface area contributed by atoms with Crippen LogP contribution in [0.2, 0.25) is 0 Å². The number of hydrogen-bond donors (Lipinski definition) is 0. The van der Waals surface area contributed by atoms with E-state index in [1.165, 1.54) is 0 Å². The van der Waals surface area contributed by atoms with Gasteiger partial charge in [0.2, 0.25) is 0 Å². The summed E-state index contributed by atoms with van der Waals surface area (Å²) >= 11 is 0. The van der Waals surface area contributed by atoms with Gasteiger partial charge in [-0.1, -0.05) is 48.5 Å². The molecule has 0 bridgehead atoms. The number of esters is 1. The minimum atomic E-state index is -0.272. The van der Waals surface area contributed by atoms with Crippen molar-refractivity contribution in [3.8, 4) is 5.75 Å². The quantitative estimate of drug-likeness (QED) is 0.756. The Hall–Kier alpha value is -2.29. The van der Waals surface area contributed by atoms with E-state index in [1.807, 2.05) is 67.6 Å². The molecule has 0 amide bonds. The highest BCUT2D eigenvalue weighted by Gasteiger charge is 2.10. The first-order valence-corrected chi connectivity index (χ1v) is 6.65. The minimum Gasteiger partial charge on any atom is -0.490 e. The largest absolute Gasteiger partial charge is 0.490 e. The Morgan fingerprint density at radius 3 is 2.25 bits per heavy atom. The van der Waals surface area contributed by atoms with Crippen molar-refractivity contribution in [1.29, 1.82) is 0 Å². The van der Waals surface area contributed by atoms with Crippen LogP contribution in [0.3, 0.4) is 0 Å². The van der Waals surface area contributed by atoms with E-state index >= 15 is 0 Å². The summed E-state index contributed by atoms with van der Waals surface area (Å²) in [5.41, 5.74) is 0.952. The Kier molecular flexibility index (Phi) is 5.18. The zero-order valence-electron chi connectivity index (χ0n) is 11.5. The van der Waals surface area contributed by atoms with Crippen molar-refractivity contribution >= 4 is 5.97 Å². The number of benzene rings is 2. The van der Waals surface area contributed by atoms with Gasteiger partial charge in [0.15, 0.2) is 0 Å². The van der Waals surface area contributed by atoms with Crippen LogP contribution in [0.15, 0.2) is 60.7 Å². The monoisotopic (exact) mass is 270 g/mol. The smallest absolute Gasteiger partial charge is 0.310 e. The van der Waals surface area contributed by atoms with Gasteiger partial charge < -0.3 is 9.47 Å². The third-order valence-electron chi connectivity index (χ3n) is 2.75. The number of carbonyl (C=O) groups excluding carboxylic acids is 1. The van der Waals surface area contributed by atoms with Crippen molar-refractivity contribution in [2.45, 2.75) is 19.4 Å². The lowest BCUT2D eigenvalue weighted by molar-refractivity contribution is -0.148. The predicted molar refractivity (Wildman–Crippen MR) is 77.6 cm³/mol. The van der Waals surface area contributed by atoms with E-state index in [-0.39, 0.29) is 18.5 Å². The van der Waals surface area contributed by atoms with E-state index in [1.54, 1.807) is 0 Å². The zero-order valence-corrected chi connectivity index (χ0v) is 11.5. The van der Waals surface area contributed by atoms with Gasteiger partial charge in [-0.3, -0.25) is 4.79 Å². The third kappa shape index (κ3) is 4.76. The highest BCUT2D eigenvalue weighted by Crippen LogP contribution is 2.09. The first kappa shape index (κ1) is 14.1. The molecular weight excluding hydrogens is 252 g/mol. The minimum absolute atomic E-state index is 0.236. The molecule has 0 N–H and O–H groups in total. The molecule has 0 aliphatic heterocycles. The summed E-state index contributed by atoms with van der Waals surface area (Å²) in [4.78, 5) is 11.8. The van der Waals surface area contributed by atoms with Crippen molar-refractivity contribution in [2.75, 3.05) is 6.61 Å². The van der Waals surface area contributed by atoms with E-state index in [2.05, 4.69) is 0 Å². The van der Waals surface area contributed by atoms with Crippen LogP contribution in [0.4, 0.5) is 0 Å². The third-order valence-corrected chi connectivity index (χ3v) is 2.75. The normalized spacial score (nSPS) is 11.7. The maximum absolute atomic E-state index is 11.8. The Bertz CT molecular complexity index is 522. The molecule has 2 aromatic rings. The first-order chi connectivity index (χ1) is 9.74.